The second-order valence-corrected chi connectivity index (χ2v) is 9.87. The van der Waals surface area contributed by atoms with Crippen molar-refractivity contribution in [3.8, 4) is 5.75 Å². The lowest BCUT2D eigenvalue weighted by molar-refractivity contribution is 0.375. The van der Waals surface area contributed by atoms with Crippen LogP contribution in [0.15, 0.2) is 53.6 Å². The molecule has 0 saturated carbocycles. The van der Waals surface area contributed by atoms with Crippen molar-refractivity contribution in [3.63, 3.8) is 0 Å². The lowest BCUT2D eigenvalue weighted by atomic mass is 9.97. The van der Waals surface area contributed by atoms with E-state index in [-0.39, 0.29) is 17.9 Å². The minimum Gasteiger partial charge on any atom is -0.507 e. The van der Waals surface area contributed by atoms with Crippen molar-refractivity contribution in [3.05, 3.63) is 59.7 Å². The predicted octanol–water partition coefficient (Wildman–Crippen LogP) is 1.87. The summed E-state index contributed by atoms with van der Waals surface area (Å²) in [7, 11) is -7.28. The molecule has 0 aromatic heterocycles. The Morgan fingerprint density at radius 2 is 1.67 bits per heavy atom. The highest BCUT2D eigenvalue weighted by Gasteiger charge is 2.36. The van der Waals surface area contributed by atoms with Crippen LogP contribution in [0.25, 0.3) is 0 Å². The standard InChI is InChI=1S/C17H19N3O5S2/c1-26(22,23)19-14-9-5-3-7-12(14)16-11-15(18-20(16)27(2,24)25)13-8-4-6-10-17(13)21/h3-10,16,19,21H,11H2,1-2H3/t16-/m0/s1. The van der Waals surface area contributed by atoms with Crippen LogP contribution in [-0.4, -0.2) is 44.6 Å². The van der Waals surface area contributed by atoms with E-state index in [0.717, 1.165) is 16.9 Å². The second-order valence-electron chi connectivity index (χ2n) is 6.28. The van der Waals surface area contributed by atoms with Gasteiger partial charge in [0.05, 0.1) is 30.0 Å². The van der Waals surface area contributed by atoms with Gasteiger partial charge in [0.25, 0.3) is 0 Å². The Balaban J connectivity index is 2.08. The van der Waals surface area contributed by atoms with Crippen LogP contribution in [0.2, 0.25) is 0 Å². The molecule has 0 aliphatic carbocycles. The highest BCUT2D eigenvalue weighted by atomic mass is 32.2. The number of sulfonamides is 2. The maximum Gasteiger partial charge on any atom is 0.247 e. The van der Waals surface area contributed by atoms with Crippen LogP contribution in [0, 0.1) is 0 Å². The summed E-state index contributed by atoms with van der Waals surface area (Å²) in [5.41, 5.74) is 1.59. The molecule has 1 aliphatic heterocycles. The molecule has 0 unspecified atom stereocenters. The van der Waals surface area contributed by atoms with Crippen molar-refractivity contribution in [1.29, 1.82) is 0 Å². The van der Waals surface area contributed by atoms with Gasteiger partial charge in [-0.25, -0.2) is 16.8 Å². The number of para-hydroxylation sites is 2. The zero-order valence-corrected chi connectivity index (χ0v) is 16.3. The van der Waals surface area contributed by atoms with E-state index in [1.165, 1.54) is 6.07 Å². The highest BCUT2D eigenvalue weighted by molar-refractivity contribution is 7.92. The number of nitrogens with one attached hydrogen (secondary N) is 1. The lowest BCUT2D eigenvalue weighted by Gasteiger charge is -2.23. The number of hydrogen-bond donors (Lipinski definition) is 2. The van der Waals surface area contributed by atoms with Crippen LogP contribution < -0.4 is 4.72 Å². The van der Waals surface area contributed by atoms with E-state index in [1.807, 2.05) is 0 Å². The maximum atomic E-state index is 12.3. The summed E-state index contributed by atoms with van der Waals surface area (Å²) in [6, 6.07) is 12.4. The number of hydrogen-bond acceptors (Lipinski definition) is 6. The molecule has 0 bridgehead atoms. The zero-order chi connectivity index (χ0) is 19.8. The van der Waals surface area contributed by atoms with E-state index < -0.39 is 26.1 Å². The van der Waals surface area contributed by atoms with Crippen molar-refractivity contribution in [2.45, 2.75) is 12.5 Å². The molecule has 1 aliphatic rings. The van der Waals surface area contributed by atoms with Crippen molar-refractivity contribution < 1.29 is 21.9 Å². The average Bonchev–Trinajstić information content (AvgIpc) is 2.99. The predicted molar refractivity (Wildman–Crippen MR) is 104 cm³/mol. The van der Waals surface area contributed by atoms with Gasteiger partial charge in [0, 0.05) is 17.5 Å². The van der Waals surface area contributed by atoms with Crippen LogP contribution in [0.3, 0.4) is 0 Å². The number of phenolic OH excluding ortho intramolecular Hbond substituents is 1. The van der Waals surface area contributed by atoms with E-state index in [1.54, 1.807) is 42.5 Å². The van der Waals surface area contributed by atoms with Gasteiger partial charge in [-0.05, 0) is 18.2 Å². The molecule has 10 heteroatoms. The third-order valence-corrected chi connectivity index (χ3v) is 5.65. The molecular weight excluding hydrogens is 390 g/mol. The van der Waals surface area contributed by atoms with E-state index >= 15 is 0 Å². The maximum absolute atomic E-state index is 12.3. The van der Waals surface area contributed by atoms with Gasteiger partial charge in [-0.15, -0.1) is 0 Å². The van der Waals surface area contributed by atoms with Crippen LogP contribution in [0.5, 0.6) is 5.75 Å². The topological polar surface area (TPSA) is 116 Å². The molecule has 27 heavy (non-hydrogen) atoms. The summed E-state index contributed by atoms with van der Waals surface area (Å²) < 4.78 is 51.3. The quantitative estimate of drug-likeness (QED) is 0.782. The Hall–Kier alpha value is -2.59. The Bertz CT molecular complexity index is 1110. The molecule has 1 heterocycles. The van der Waals surface area contributed by atoms with Gasteiger partial charge in [-0.3, -0.25) is 4.72 Å². The molecule has 144 valence electrons. The first-order valence-electron chi connectivity index (χ1n) is 7.98. The first-order valence-corrected chi connectivity index (χ1v) is 11.7. The number of aromatic hydroxyl groups is 1. The molecule has 3 rings (SSSR count). The van der Waals surface area contributed by atoms with E-state index in [2.05, 4.69) is 9.82 Å². The van der Waals surface area contributed by atoms with Gasteiger partial charge in [0.2, 0.25) is 20.0 Å². The smallest absolute Gasteiger partial charge is 0.247 e. The summed E-state index contributed by atoms with van der Waals surface area (Å²) in [6.45, 7) is 0. The molecule has 0 amide bonds. The Kier molecular flexibility index (Phi) is 4.87. The largest absolute Gasteiger partial charge is 0.507 e. The molecule has 0 saturated heterocycles. The first kappa shape index (κ1) is 19.2. The fourth-order valence-electron chi connectivity index (χ4n) is 2.99. The van der Waals surface area contributed by atoms with Gasteiger partial charge < -0.3 is 5.11 Å². The molecule has 2 N–H and O–H groups in total. The summed E-state index contributed by atoms with van der Waals surface area (Å²) >= 11 is 0. The van der Waals surface area contributed by atoms with Crippen molar-refractivity contribution in [1.82, 2.24) is 4.41 Å². The lowest BCUT2D eigenvalue weighted by Crippen LogP contribution is -2.27. The molecule has 2 aromatic rings. The van der Waals surface area contributed by atoms with Crippen LogP contribution >= 0.6 is 0 Å². The molecule has 0 spiro atoms. The van der Waals surface area contributed by atoms with Crippen molar-refractivity contribution >= 4 is 31.4 Å². The normalized spacial score (nSPS) is 17.6. The fourth-order valence-corrected chi connectivity index (χ4v) is 4.47. The second kappa shape index (κ2) is 6.86. The van der Waals surface area contributed by atoms with E-state index in [4.69, 9.17) is 0 Å². The average molecular weight is 409 g/mol. The number of rotatable bonds is 5. The number of phenols is 1. The molecule has 8 nitrogen and oxygen atoms in total. The molecule has 2 aromatic carbocycles. The SMILES string of the molecule is CS(=O)(=O)Nc1ccccc1[C@@H]1CC(c2ccccc2O)=NN1S(C)(=O)=O. The van der Waals surface area contributed by atoms with Gasteiger partial charge in [0.1, 0.15) is 5.75 Å². The van der Waals surface area contributed by atoms with E-state index in [0.29, 0.717) is 16.8 Å². The third-order valence-electron chi connectivity index (χ3n) is 4.04. The van der Waals surface area contributed by atoms with E-state index in [9.17, 15) is 21.9 Å². The molecular formula is C17H19N3O5S2. The number of anilines is 1. The summed E-state index contributed by atoms with van der Waals surface area (Å²) in [4.78, 5) is 0. The van der Waals surface area contributed by atoms with Crippen LogP contribution in [0.1, 0.15) is 23.6 Å². The number of benzene rings is 2. The highest BCUT2D eigenvalue weighted by Crippen LogP contribution is 2.39. The minimum atomic E-state index is -3.73. The number of nitrogens with zero attached hydrogens (tertiary/aromatic N) is 2. The van der Waals surface area contributed by atoms with Crippen LogP contribution in [-0.2, 0) is 20.0 Å². The zero-order valence-electron chi connectivity index (χ0n) is 14.7. The fraction of sp³-hybridized carbons (Fsp3) is 0.235. The van der Waals surface area contributed by atoms with Crippen molar-refractivity contribution in [2.75, 3.05) is 17.2 Å². The van der Waals surface area contributed by atoms with Gasteiger partial charge in [-0.1, -0.05) is 30.3 Å². The van der Waals surface area contributed by atoms with Gasteiger partial charge in [0.15, 0.2) is 0 Å². The Morgan fingerprint density at radius 1 is 1.04 bits per heavy atom. The Morgan fingerprint density at radius 3 is 2.30 bits per heavy atom. The summed E-state index contributed by atoms with van der Waals surface area (Å²) in [5, 5.41) is 14.3. The number of hydrazone groups is 1. The summed E-state index contributed by atoms with van der Waals surface area (Å²) in [6.07, 6.45) is 2.24. The summed E-state index contributed by atoms with van der Waals surface area (Å²) in [5.74, 6) is -0.00658. The monoisotopic (exact) mass is 409 g/mol. The molecule has 1 atom stereocenters. The van der Waals surface area contributed by atoms with Crippen LogP contribution in [0.4, 0.5) is 5.69 Å². The molecule has 0 radical (unpaired) electrons. The molecule has 0 fully saturated rings. The third kappa shape index (κ3) is 4.22. The van der Waals surface area contributed by atoms with Gasteiger partial charge in [-0.2, -0.15) is 9.52 Å². The van der Waals surface area contributed by atoms with Crippen molar-refractivity contribution in [2.24, 2.45) is 5.10 Å². The van der Waals surface area contributed by atoms with Gasteiger partial charge >= 0.3 is 0 Å². The first-order chi connectivity index (χ1) is 12.6. The Labute approximate surface area is 158 Å². The minimum absolute atomic E-state index is 0.00658.